The number of carbonyl (C=O) groups is 1. The summed E-state index contributed by atoms with van der Waals surface area (Å²) in [7, 11) is 0. The Morgan fingerprint density at radius 3 is 2.53 bits per heavy atom. The maximum atomic E-state index is 13.0. The van der Waals surface area contributed by atoms with Gasteiger partial charge in [-0.1, -0.05) is 6.92 Å². The van der Waals surface area contributed by atoms with E-state index in [1.807, 2.05) is 44.1 Å². The Hall–Kier alpha value is -3.14. The summed E-state index contributed by atoms with van der Waals surface area (Å²) in [6.45, 7) is 12.2. The first-order valence-electron chi connectivity index (χ1n) is 11.1. The molecule has 1 amide bonds. The van der Waals surface area contributed by atoms with Gasteiger partial charge in [0.05, 0.1) is 23.7 Å². The molecule has 0 aromatic carbocycles. The maximum Gasteiger partial charge on any atom is 0.227 e. The van der Waals surface area contributed by atoms with Crippen LogP contribution in [0.4, 0.5) is 5.82 Å². The molecule has 32 heavy (non-hydrogen) atoms. The van der Waals surface area contributed by atoms with Crippen LogP contribution in [-0.2, 0) is 16.1 Å². The van der Waals surface area contributed by atoms with E-state index >= 15 is 0 Å². The number of fused-ring (bicyclic) bond motifs is 1. The largest absolute Gasteiger partial charge is 0.372 e. The van der Waals surface area contributed by atoms with Gasteiger partial charge in [0.15, 0.2) is 17.0 Å². The van der Waals surface area contributed by atoms with Crippen LogP contribution in [0.15, 0.2) is 18.7 Å². The first kappa shape index (κ1) is 22.1. The van der Waals surface area contributed by atoms with Crippen molar-refractivity contribution in [3.8, 4) is 11.4 Å². The smallest absolute Gasteiger partial charge is 0.227 e. The number of nitrogens with one attached hydrogen (secondary N) is 1. The molecule has 10 heteroatoms. The van der Waals surface area contributed by atoms with Gasteiger partial charge in [0.1, 0.15) is 18.0 Å². The lowest BCUT2D eigenvalue weighted by Crippen LogP contribution is -2.50. The number of carbonyl (C=O) groups excluding carboxylic acids is 1. The first-order chi connectivity index (χ1) is 15.4. The van der Waals surface area contributed by atoms with Crippen molar-refractivity contribution in [2.75, 3.05) is 25.0 Å². The number of nitrogens with zero attached hydrogens (tertiary/aromatic N) is 7. The summed E-state index contributed by atoms with van der Waals surface area (Å²) in [5.41, 5.74) is 2.22. The molecule has 0 radical (unpaired) electrons. The molecule has 3 atom stereocenters. The third-order valence-electron chi connectivity index (χ3n) is 5.62. The van der Waals surface area contributed by atoms with Crippen LogP contribution in [0.3, 0.4) is 0 Å². The number of aryl methyl sites for hydroxylation is 2. The van der Waals surface area contributed by atoms with Crippen LogP contribution in [0.5, 0.6) is 0 Å². The van der Waals surface area contributed by atoms with Crippen LogP contribution in [0, 0.1) is 12.8 Å². The van der Waals surface area contributed by atoms with Gasteiger partial charge in [0.25, 0.3) is 0 Å². The number of morpholine rings is 1. The van der Waals surface area contributed by atoms with Gasteiger partial charge in [-0.2, -0.15) is 0 Å². The molecule has 3 aromatic rings. The van der Waals surface area contributed by atoms with Crippen molar-refractivity contribution in [1.29, 1.82) is 0 Å². The maximum absolute atomic E-state index is 13.0. The second-order valence-corrected chi connectivity index (χ2v) is 8.38. The van der Waals surface area contributed by atoms with Crippen molar-refractivity contribution in [1.82, 2.24) is 34.4 Å². The minimum Gasteiger partial charge on any atom is -0.372 e. The highest BCUT2D eigenvalue weighted by molar-refractivity contribution is 5.86. The first-order valence-corrected chi connectivity index (χ1v) is 11.1. The van der Waals surface area contributed by atoms with E-state index in [1.54, 1.807) is 12.4 Å². The average molecular weight is 439 g/mol. The Bertz CT molecular complexity index is 1090. The summed E-state index contributed by atoms with van der Waals surface area (Å²) in [5, 5.41) is 3.32. The lowest BCUT2D eigenvalue weighted by Gasteiger charge is -2.36. The Labute approximate surface area is 187 Å². The number of imidazole rings is 1. The summed E-state index contributed by atoms with van der Waals surface area (Å²) < 4.78 is 7.76. The van der Waals surface area contributed by atoms with Crippen molar-refractivity contribution < 1.29 is 9.53 Å². The summed E-state index contributed by atoms with van der Waals surface area (Å²) in [5.74, 6) is 1.96. The molecular formula is C22H30N8O2. The van der Waals surface area contributed by atoms with E-state index in [-0.39, 0.29) is 24.0 Å². The second-order valence-electron chi connectivity index (χ2n) is 8.38. The predicted octanol–water partition coefficient (Wildman–Crippen LogP) is 2.30. The van der Waals surface area contributed by atoms with Gasteiger partial charge in [-0.25, -0.2) is 24.9 Å². The number of hydrogen-bond acceptors (Lipinski definition) is 8. The van der Waals surface area contributed by atoms with Crippen molar-refractivity contribution in [2.24, 2.45) is 5.92 Å². The highest BCUT2D eigenvalue weighted by Crippen LogP contribution is 2.26. The predicted molar refractivity (Wildman–Crippen MR) is 121 cm³/mol. The molecule has 4 rings (SSSR count). The number of ether oxygens (including phenoxy) is 1. The zero-order chi connectivity index (χ0) is 22.8. The van der Waals surface area contributed by atoms with Crippen molar-refractivity contribution >= 4 is 22.9 Å². The third-order valence-corrected chi connectivity index (χ3v) is 5.62. The number of amides is 1. The summed E-state index contributed by atoms with van der Waals surface area (Å²) in [4.78, 5) is 37.1. The Morgan fingerprint density at radius 2 is 1.88 bits per heavy atom. The van der Waals surface area contributed by atoms with E-state index in [0.717, 1.165) is 17.0 Å². The molecule has 2 unspecified atom stereocenters. The standard InChI is InChI=1S/C22H30N8O2/c1-6-30-20(17-8-23-16(5)24-9-17)28-18-19(26-12-27-21(18)30)25-7-13(2)22(31)29-10-14(3)32-15(4)11-29/h8-9,12-15H,6-7,10-11H2,1-5H3,(H,25,26,27)/t13-,14?,15?/m1/s1. The van der Waals surface area contributed by atoms with Crippen LogP contribution in [0.25, 0.3) is 22.6 Å². The van der Waals surface area contributed by atoms with E-state index in [9.17, 15) is 4.79 Å². The van der Waals surface area contributed by atoms with Gasteiger partial charge in [-0.15, -0.1) is 0 Å². The fraction of sp³-hybridized carbons (Fsp3) is 0.545. The van der Waals surface area contributed by atoms with Gasteiger partial charge in [0, 0.05) is 38.6 Å². The van der Waals surface area contributed by atoms with Gasteiger partial charge in [-0.3, -0.25) is 4.79 Å². The van der Waals surface area contributed by atoms with Gasteiger partial charge in [-0.05, 0) is 27.7 Å². The molecular weight excluding hydrogens is 408 g/mol. The Balaban J connectivity index is 1.54. The molecule has 0 bridgehead atoms. The minimum atomic E-state index is -0.212. The fourth-order valence-electron chi connectivity index (χ4n) is 4.10. The molecule has 3 aromatic heterocycles. The van der Waals surface area contributed by atoms with E-state index < -0.39 is 0 Å². The Morgan fingerprint density at radius 1 is 1.19 bits per heavy atom. The van der Waals surface area contributed by atoms with Crippen LogP contribution in [-0.4, -0.2) is 72.1 Å². The van der Waals surface area contributed by atoms with Crippen LogP contribution < -0.4 is 5.32 Å². The summed E-state index contributed by atoms with van der Waals surface area (Å²) in [6.07, 6.45) is 5.15. The van der Waals surface area contributed by atoms with Crippen LogP contribution in [0.1, 0.15) is 33.5 Å². The molecule has 0 saturated carbocycles. The van der Waals surface area contributed by atoms with Crippen molar-refractivity contribution in [3.05, 3.63) is 24.5 Å². The minimum absolute atomic E-state index is 0.0477. The monoisotopic (exact) mass is 438 g/mol. The van der Waals surface area contributed by atoms with Gasteiger partial charge in [0.2, 0.25) is 5.91 Å². The number of rotatable bonds is 6. The zero-order valence-electron chi connectivity index (χ0n) is 19.2. The SMILES string of the molecule is CCn1c(-c2cnc(C)nc2)nc2c(NC[C@@H](C)C(=O)N3CC(C)OC(C)C3)ncnc21. The summed E-state index contributed by atoms with van der Waals surface area (Å²) >= 11 is 0. The molecule has 10 nitrogen and oxygen atoms in total. The topological polar surface area (TPSA) is 111 Å². The lowest BCUT2D eigenvalue weighted by atomic mass is 10.1. The van der Waals surface area contributed by atoms with E-state index in [4.69, 9.17) is 9.72 Å². The normalized spacial score (nSPS) is 19.8. The molecule has 1 fully saturated rings. The van der Waals surface area contributed by atoms with E-state index in [0.29, 0.717) is 43.3 Å². The molecule has 1 N–H and O–H groups in total. The van der Waals surface area contributed by atoms with Gasteiger partial charge >= 0.3 is 0 Å². The number of anilines is 1. The average Bonchev–Trinajstić information content (AvgIpc) is 3.16. The highest BCUT2D eigenvalue weighted by atomic mass is 16.5. The van der Waals surface area contributed by atoms with Gasteiger partial charge < -0.3 is 19.5 Å². The second kappa shape index (κ2) is 9.15. The zero-order valence-corrected chi connectivity index (χ0v) is 19.2. The number of hydrogen-bond donors (Lipinski definition) is 1. The Kier molecular flexibility index (Phi) is 6.31. The molecule has 170 valence electrons. The van der Waals surface area contributed by atoms with Crippen LogP contribution >= 0.6 is 0 Å². The fourth-order valence-corrected chi connectivity index (χ4v) is 4.10. The number of aromatic nitrogens is 6. The van der Waals surface area contributed by atoms with Crippen molar-refractivity contribution in [2.45, 2.75) is 53.4 Å². The molecule has 1 saturated heterocycles. The molecule has 0 spiro atoms. The summed E-state index contributed by atoms with van der Waals surface area (Å²) in [6, 6.07) is 0. The third kappa shape index (κ3) is 4.40. The quantitative estimate of drug-likeness (QED) is 0.624. The van der Waals surface area contributed by atoms with E-state index in [1.165, 1.54) is 6.33 Å². The van der Waals surface area contributed by atoms with E-state index in [2.05, 4.69) is 25.3 Å². The van der Waals surface area contributed by atoms with Crippen molar-refractivity contribution in [3.63, 3.8) is 0 Å². The van der Waals surface area contributed by atoms with Crippen LogP contribution in [0.2, 0.25) is 0 Å². The molecule has 1 aliphatic heterocycles. The molecule has 0 aliphatic carbocycles. The highest BCUT2D eigenvalue weighted by Gasteiger charge is 2.29. The molecule has 4 heterocycles. The lowest BCUT2D eigenvalue weighted by molar-refractivity contribution is -0.146. The molecule has 1 aliphatic rings.